The Morgan fingerprint density at radius 2 is 1.59 bits per heavy atom. The Bertz CT molecular complexity index is 694. The van der Waals surface area contributed by atoms with Crippen LogP contribution in [0.5, 0.6) is 0 Å². The van der Waals surface area contributed by atoms with Gasteiger partial charge in [0.15, 0.2) is 0 Å². The van der Waals surface area contributed by atoms with Gasteiger partial charge in [0.1, 0.15) is 5.82 Å². The van der Waals surface area contributed by atoms with Crippen molar-refractivity contribution in [3.8, 4) is 0 Å². The van der Waals surface area contributed by atoms with Crippen LogP contribution in [0.2, 0.25) is 0 Å². The number of carbonyl (C=O) groups is 1. The molecular weight excluding hydrogens is 362 g/mol. The predicted molar refractivity (Wildman–Crippen MR) is 115 cm³/mol. The zero-order valence-corrected chi connectivity index (χ0v) is 18.6. The van der Waals surface area contributed by atoms with E-state index in [0.29, 0.717) is 23.2 Å². The number of rotatable bonds is 6. The van der Waals surface area contributed by atoms with Gasteiger partial charge in [-0.3, -0.25) is 4.79 Å². The molecule has 1 aromatic heterocycles. The second kappa shape index (κ2) is 8.31. The first kappa shape index (κ1) is 20.7. The topological polar surface area (TPSA) is 52.6 Å². The van der Waals surface area contributed by atoms with Crippen LogP contribution in [-0.4, -0.2) is 82.9 Å². The number of hydrogen-bond donors (Lipinski definition) is 0. The summed E-state index contributed by atoms with van der Waals surface area (Å²) in [5, 5.41) is 0. The molecule has 160 valence electrons. The van der Waals surface area contributed by atoms with E-state index in [0.717, 1.165) is 25.5 Å². The summed E-state index contributed by atoms with van der Waals surface area (Å²) < 4.78 is 0. The number of likely N-dealkylation sites (tertiary alicyclic amines) is 3. The molecule has 0 bridgehead atoms. The molecule has 4 rings (SSSR count). The number of nitrogens with zero attached hydrogens (tertiary/aromatic N) is 5. The molecule has 0 saturated carbocycles. The van der Waals surface area contributed by atoms with Gasteiger partial charge in [-0.25, -0.2) is 9.97 Å². The minimum Gasteiger partial charge on any atom is -0.341 e. The van der Waals surface area contributed by atoms with Gasteiger partial charge in [-0.05, 0) is 37.4 Å². The van der Waals surface area contributed by atoms with Crippen molar-refractivity contribution in [2.75, 3.05) is 52.4 Å². The van der Waals surface area contributed by atoms with Gasteiger partial charge in [-0.15, -0.1) is 0 Å². The zero-order valence-electron chi connectivity index (χ0n) is 18.6. The van der Waals surface area contributed by atoms with Crippen LogP contribution in [0.15, 0.2) is 12.4 Å². The van der Waals surface area contributed by atoms with Gasteiger partial charge in [-0.1, -0.05) is 27.7 Å². The maximum absolute atomic E-state index is 12.0. The lowest BCUT2D eigenvalue weighted by Gasteiger charge is -2.60. The largest absolute Gasteiger partial charge is 0.341 e. The Labute approximate surface area is 175 Å². The molecule has 0 radical (unpaired) electrons. The third-order valence-electron chi connectivity index (χ3n) is 6.98. The molecule has 3 saturated heterocycles. The molecule has 4 heterocycles. The molecule has 0 atom stereocenters. The summed E-state index contributed by atoms with van der Waals surface area (Å²) in [5.41, 5.74) is 1.73. The molecule has 1 amide bonds. The first-order valence-electron chi connectivity index (χ1n) is 11.4. The lowest BCUT2D eigenvalue weighted by Crippen LogP contribution is -2.73. The fraction of sp³-hybridized carbons (Fsp3) is 0.783. The molecule has 3 aliphatic heterocycles. The molecule has 0 N–H and O–H groups in total. The Morgan fingerprint density at radius 3 is 2.14 bits per heavy atom. The maximum atomic E-state index is 12.0. The summed E-state index contributed by atoms with van der Waals surface area (Å²) in [4.78, 5) is 28.4. The fourth-order valence-corrected chi connectivity index (χ4v) is 5.17. The average Bonchev–Trinajstić information content (AvgIpc) is 2.65. The first-order valence-corrected chi connectivity index (χ1v) is 11.4. The van der Waals surface area contributed by atoms with Gasteiger partial charge in [0.2, 0.25) is 5.91 Å². The second-order valence-corrected chi connectivity index (χ2v) is 10.2. The van der Waals surface area contributed by atoms with Crippen molar-refractivity contribution in [1.82, 2.24) is 24.7 Å². The summed E-state index contributed by atoms with van der Waals surface area (Å²) in [6.07, 6.45) is 6.52. The molecule has 29 heavy (non-hydrogen) atoms. The van der Waals surface area contributed by atoms with Crippen LogP contribution < -0.4 is 0 Å². The molecule has 0 unspecified atom stereocenters. The minimum absolute atomic E-state index is 0.131. The summed E-state index contributed by atoms with van der Waals surface area (Å²) in [7, 11) is 0. The van der Waals surface area contributed by atoms with Gasteiger partial charge >= 0.3 is 0 Å². The molecule has 0 aromatic carbocycles. The summed E-state index contributed by atoms with van der Waals surface area (Å²) in [5.74, 6) is 2.40. The average molecular weight is 400 g/mol. The Morgan fingerprint density at radius 1 is 1.00 bits per heavy atom. The van der Waals surface area contributed by atoms with Crippen molar-refractivity contribution in [2.45, 2.75) is 52.4 Å². The lowest BCUT2D eigenvalue weighted by molar-refractivity contribution is -0.162. The van der Waals surface area contributed by atoms with Crippen LogP contribution in [0, 0.1) is 11.3 Å². The second-order valence-electron chi connectivity index (χ2n) is 10.2. The third kappa shape index (κ3) is 4.48. The normalized spacial score (nSPS) is 22.9. The van der Waals surface area contributed by atoms with E-state index in [1.807, 2.05) is 31.1 Å². The standard InChI is InChI=1S/C23H37N5O/c1-17(2)21-24-11-20(12-25-21)19-5-7-26(8-6-19)9-10-27-13-23(14-27)15-28(16-23)22(29)18(3)4/h11-12,17-19H,5-10,13-16H2,1-4H3. The lowest BCUT2D eigenvalue weighted by atomic mass is 9.72. The van der Waals surface area contributed by atoms with Gasteiger partial charge in [0, 0.05) is 68.9 Å². The van der Waals surface area contributed by atoms with E-state index < -0.39 is 0 Å². The Balaban J connectivity index is 1.13. The first-order chi connectivity index (χ1) is 13.8. The number of carbonyl (C=O) groups excluding carboxylic acids is 1. The number of piperidine rings is 1. The molecular formula is C23H37N5O. The molecule has 1 aromatic rings. The van der Waals surface area contributed by atoms with Crippen molar-refractivity contribution < 1.29 is 4.79 Å². The Hall–Kier alpha value is -1.53. The maximum Gasteiger partial charge on any atom is 0.225 e. The van der Waals surface area contributed by atoms with Crippen molar-refractivity contribution in [2.24, 2.45) is 11.3 Å². The number of aromatic nitrogens is 2. The van der Waals surface area contributed by atoms with Gasteiger partial charge in [0.05, 0.1) is 0 Å². The summed E-state index contributed by atoms with van der Waals surface area (Å²) in [6, 6.07) is 0. The van der Waals surface area contributed by atoms with Crippen LogP contribution >= 0.6 is 0 Å². The molecule has 6 nitrogen and oxygen atoms in total. The van der Waals surface area contributed by atoms with E-state index in [-0.39, 0.29) is 5.92 Å². The third-order valence-corrected chi connectivity index (χ3v) is 6.98. The minimum atomic E-state index is 0.131. The van der Waals surface area contributed by atoms with E-state index in [4.69, 9.17) is 0 Å². The SMILES string of the molecule is CC(C)C(=O)N1CC2(CN(CCN3CCC(c4cnc(C(C)C)nc4)CC3)C2)C1. The summed E-state index contributed by atoms with van der Waals surface area (Å²) >= 11 is 0. The summed E-state index contributed by atoms with van der Waals surface area (Å²) in [6.45, 7) is 17.2. The fourth-order valence-electron chi connectivity index (χ4n) is 5.17. The van der Waals surface area contributed by atoms with Crippen molar-refractivity contribution >= 4 is 5.91 Å². The zero-order chi connectivity index (χ0) is 20.6. The van der Waals surface area contributed by atoms with E-state index >= 15 is 0 Å². The van der Waals surface area contributed by atoms with Gasteiger partial charge < -0.3 is 14.7 Å². The van der Waals surface area contributed by atoms with Gasteiger partial charge in [-0.2, -0.15) is 0 Å². The predicted octanol–water partition coefficient (Wildman–Crippen LogP) is 2.58. The van der Waals surface area contributed by atoms with Crippen molar-refractivity contribution in [3.63, 3.8) is 0 Å². The van der Waals surface area contributed by atoms with Crippen LogP contribution in [0.25, 0.3) is 0 Å². The Kier molecular flexibility index (Phi) is 5.94. The van der Waals surface area contributed by atoms with Crippen molar-refractivity contribution in [3.05, 3.63) is 23.8 Å². The quantitative estimate of drug-likeness (QED) is 0.736. The number of amides is 1. The molecule has 3 fully saturated rings. The van der Waals surface area contributed by atoms with Crippen LogP contribution in [-0.2, 0) is 4.79 Å². The smallest absolute Gasteiger partial charge is 0.225 e. The molecule has 1 spiro atoms. The van der Waals surface area contributed by atoms with E-state index in [1.165, 1.54) is 51.1 Å². The molecule has 0 aliphatic carbocycles. The van der Waals surface area contributed by atoms with E-state index in [2.05, 4.69) is 33.6 Å². The van der Waals surface area contributed by atoms with Crippen LogP contribution in [0.3, 0.4) is 0 Å². The van der Waals surface area contributed by atoms with Crippen LogP contribution in [0.4, 0.5) is 0 Å². The monoisotopic (exact) mass is 399 g/mol. The van der Waals surface area contributed by atoms with E-state index in [1.54, 1.807) is 0 Å². The van der Waals surface area contributed by atoms with Crippen LogP contribution in [0.1, 0.15) is 63.8 Å². The highest BCUT2D eigenvalue weighted by atomic mass is 16.2. The highest BCUT2D eigenvalue weighted by Crippen LogP contribution is 2.40. The highest BCUT2D eigenvalue weighted by Gasteiger charge is 2.52. The number of hydrogen-bond acceptors (Lipinski definition) is 5. The molecule has 6 heteroatoms. The van der Waals surface area contributed by atoms with Crippen molar-refractivity contribution in [1.29, 1.82) is 0 Å². The highest BCUT2D eigenvalue weighted by molar-refractivity contribution is 5.79. The van der Waals surface area contributed by atoms with Gasteiger partial charge in [0.25, 0.3) is 0 Å². The molecule has 3 aliphatic rings. The van der Waals surface area contributed by atoms with E-state index in [9.17, 15) is 4.79 Å².